The number of ether oxygens (including phenoxy) is 1. The van der Waals surface area contributed by atoms with E-state index in [1.54, 1.807) is 12.1 Å². The number of rotatable bonds is 7. The summed E-state index contributed by atoms with van der Waals surface area (Å²) in [5, 5.41) is 32.7. The van der Waals surface area contributed by atoms with Crippen LogP contribution in [-0.2, 0) is 11.3 Å². The number of aromatic nitrogens is 1. The van der Waals surface area contributed by atoms with Crippen LogP contribution in [0.15, 0.2) is 48.7 Å². The van der Waals surface area contributed by atoms with E-state index >= 15 is 0 Å². The van der Waals surface area contributed by atoms with Crippen molar-refractivity contribution in [1.29, 1.82) is 0 Å². The van der Waals surface area contributed by atoms with Gasteiger partial charge in [-0.15, -0.1) is 0 Å². The Labute approximate surface area is 143 Å². The number of aliphatic hydroxyl groups is 2. The highest BCUT2D eigenvalue weighted by Gasteiger charge is 2.21. The first-order valence-electron chi connectivity index (χ1n) is 7.38. The summed E-state index contributed by atoms with van der Waals surface area (Å²) in [6, 6.07) is 11.5. The van der Waals surface area contributed by atoms with Crippen LogP contribution in [0.5, 0.6) is 0 Å². The second-order valence-electron chi connectivity index (χ2n) is 5.15. The van der Waals surface area contributed by atoms with E-state index in [1.807, 2.05) is 18.2 Å². The van der Waals surface area contributed by atoms with Crippen LogP contribution in [0.3, 0.4) is 0 Å². The molecule has 0 aliphatic rings. The number of hydrogen-bond donors (Lipinski definition) is 3. The fourth-order valence-electron chi connectivity index (χ4n) is 1.95. The van der Waals surface area contributed by atoms with Crippen LogP contribution in [0.25, 0.3) is 0 Å². The monoisotopic (exact) mass is 347 g/mol. The Morgan fingerprint density at radius 3 is 2.56 bits per heavy atom. The molecule has 25 heavy (non-hydrogen) atoms. The van der Waals surface area contributed by atoms with E-state index in [0.29, 0.717) is 0 Å². The number of nitrogens with zero attached hydrogens (tertiary/aromatic N) is 2. The van der Waals surface area contributed by atoms with Crippen LogP contribution in [0.1, 0.15) is 17.4 Å². The lowest BCUT2D eigenvalue weighted by molar-refractivity contribution is -0.385. The number of aliphatic hydroxyl groups excluding tert-OH is 2. The van der Waals surface area contributed by atoms with Gasteiger partial charge in [0.05, 0.1) is 10.6 Å². The molecule has 0 fully saturated rings. The molecule has 0 radical (unpaired) electrons. The molecule has 3 N–H and O–H groups in total. The number of pyridine rings is 1. The first-order chi connectivity index (χ1) is 12.0. The SMILES string of the molecule is O=C(NCC(O)C(O)c1ccc([N+](=O)[O-])cn1)OCc1ccccc1. The molecule has 0 aliphatic carbocycles. The lowest BCUT2D eigenvalue weighted by Crippen LogP contribution is -2.36. The van der Waals surface area contributed by atoms with E-state index < -0.39 is 23.2 Å². The number of alkyl carbamates (subject to hydrolysis) is 1. The third kappa shape index (κ3) is 5.52. The van der Waals surface area contributed by atoms with Crippen LogP contribution in [0.2, 0.25) is 0 Å². The second-order valence-corrected chi connectivity index (χ2v) is 5.15. The number of carbonyl (C=O) groups is 1. The Bertz CT molecular complexity index is 708. The summed E-state index contributed by atoms with van der Waals surface area (Å²) >= 11 is 0. The van der Waals surface area contributed by atoms with Gasteiger partial charge in [0.15, 0.2) is 0 Å². The highest BCUT2D eigenvalue weighted by Crippen LogP contribution is 2.17. The lowest BCUT2D eigenvalue weighted by Gasteiger charge is -2.17. The minimum atomic E-state index is -1.41. The van der Waals surface area contributed by atoms with Gasteiger partial charge in [-0.05, 0) is 11.6 Å². The lowest BCUT2D eigenvalue weighted by atomic mass is 10.1. The quantitative estimate of drug-likeness (QED) is 0.507. The van der Waals surface area contributed by atoms with Gasteiger partial charge in [-0.2, -0.15) is 0 Å². The molecule has 1 aromatic heterocycles. The van der Waals surface area contributed by atoms with Crippen molar-refractivity contribution in [1.82, 2.24) is 10.3 Å². The van der Waals surface area contributed by atoms with E-state index in [4.69, 9.17) is 4.74 Å². The number of amides is 1. The molecule has 0 spiro atoms. The summed E-state index contributed by atoms with van der Waals surface area (Å²) in [4.78, 5) is 25.2. The molecule has 1 heterocycles. The van der Waals surface area contributed by atoms with Crippen LogP contribution >= 0.6 is 0 Å². The normalized spacial score (nSPS) is 12.9. The molecule has 2 atom stereocenters. The summed E-state index contributed by atoms with van der Waals surface area (Å²) in [6.07, 6.45) is -2.52. The molecule has 0 saturated carbocycles. The van der Waals surface area contributed by atoms with Gasteiger partial charge in [-0.3, -0.25) is 15.1 Å². The van der Waals surface area contributed by atoms with Gasteiger partial charge in [0, 0.05) is 12.6 Å². The molecule has 0 bridgehead atoms. The van der Waals surface area contributed by atoms with Crippen molar-refractivity contribution < 1.29 is 24.7 Å². The average Bonchev–Trinajstić information content (AvgIpc) is 2.64. The van der Waals surface area contributed by atoms with Crippen molar-refractivity contribution >= 4 is 11.8 Å². The summed E-state index contributed by atoms with van der Waals surface area (Å²) in [5.74, 6) is 0. The first kappa shape index (κ1) is 18.3. The summed E-state index contributed by atoms with van der Waals surface area (Å²) in [6.45, 7) is -0.192. The Morgan fingerprint density at radius 2 is 1.96 bits per heavy atom. The van der Waals surface area contributed by atoms with Crippen LogP contribution in [0, 0.1) is 10.1 Å². The molecule has 9 nitrogen and oxygen atoms in total. The van der Waals surface area contributed by atoms with E-state index in [9.17, 15) is 25.1 Å². The van der Waals surface area contributed by atoms with Crippen molar-refractivity contribution in [3.8, 4) is 0 Å². The Hall–Kier alpha value is -3.04. The molecule has 2 aromatic rings. The number of nitrogens with one attached hydrogen (secondary N) is 1. The smallest absolute Gasteiger partial charge is 0.407 e. The summed E-state index contributed by atoms with van der Waals surface area (Å²) in [5.41, 5.74) is 0.638. The molecule has 0 saturated heterocycles. The maximum Gasteiger partial charge on any atom is 0.407 e. The fraction of sp³-hybridized carbons (Fsp3) is 0.250. The minimum absolute atomic E-state index is 0.0533. The van der Waals surface area contributed by atoms with Crippen LogP contribution < -0.4 is 5.32 Å². The standard InChI is InChI=1S/C16H17N3O6/c20-14(15(21)13-7-6-12(8-17-13)19(23)24)9-18-16(22)25-10-11-4-2-1-3-5-11/h1-8,14-15,20-21H,9-10H2,(H,18,22). The molecule has 9 heteroatoms. The van der Waals surface area contributed by atoms with Crippen molar-refractivity contribution in [2.75, 3.05) is 6.54 Å². The van der Waals surface area contributed by atoms with E-state index in [2.05, 4.69) is 10.3 Å². The Morgan fingerprint density at radius 1 is 1.24 bits per heavy atom. The average molecular weight is 347 g/mol. The number of nitro groups is 1. The van der Waals surface area contributed by atoms with Crippen LogP contribution in [-0.4, -0.2) is 38.9 Å². The van der Waals surface area contributed by atoms with E-state index in [0.717, 1.165) is 11.8 Å². The molecule has 2 rings (SSSR count). The zero-order valence-electron chi connectivity index (χ0n) is 13.1. The minimum Gasteiger partial charge on any atom is -0.445 e. The van der Waals surface area contributed by atoms with Gasteiger partial charge in [0.2, 0.25) is 0 Å². The molecule has 2 unspecified atom stereocenters. The zero-order chi connectivity index (χ0) is 18.2. The second kappa shape index (κ2) is 8.71. The summed E-state index contributed by atoms with van der Waals surface area (Å²) in [7, 11) is 0. The number of carbonyl (C=O) groups excluding carboxylic acids is 1. The van der Waals surface area contributed by atoms with Crippen molar-refractivity contribution in [2.45, 2.75) is 18.8 Å². The van der Waals surface area contributed by atoms with E-state index in [1.165, 1.54) is 12.1 Å². The predicted octanol–water partition coefficient (Wildman–Crippen LogP) is 1.31. The van der Waals surface area contributed by atoms with Gasteiger partial charge in [0.1, 0.15) is 25.0 Å². The first-order valence-corrected chi connectivity index (χ1v) is 7.38. The Kier molecular flexibility index (Phi) is 6.38. The van der Waals surface area contributed by atoms with Crippen molar-refractivity contribution in [3.63, 3.8) is 0 Å². The Balaban J connectivity index is 1.79. The van der Waals surface area contributed by atoms with Crippen molar-refractivity contribution in [3.05, 3.63) is 70.0 Å². The largest absolute Gasteiger partial charge is 0.445 e. The number of hydrogen-bond acceptors (Lipinski definition) is 7. The van der Waals surface area contributed by atoms with Gasteiger partial charge in [-0.1, -0.05) is 30.3 Å². The van der Waals surface area contributed by atoms with Gasteiger partial charge in [-0.25, -0.2) is 4.79 Å². The maximum atomic E-state index is 11.6. The maximum absolute atomic E-state index is 11.6. The highest BCUT2D eigenvalue weighted by molar-refractivity contribution is 5.67. The van der Waals surface area contributed by atoms with Gasteiger partial charge < -0.3 is 20.3 Å². The van der Waals surface area contributed by atoms with Crippen molar-refractivity contribution in [2.24, 2.45) is 0 Å². The molecule has 1 aromatic carbocycles. The summed E-state index contributed by atoms with van der Waals surface area (Å²) < 4.78 is 4.97. The van der Waals surface area contributed by atoms with Gasteiger partial charge in [0.25, 0.3) is 5.69 Å². The molecule has 132 valence electrons. The molecular weight excluding hydrogens is 330 g/mol. The topological polar surface area (TPSA) is 135 Å². The zero-order valence-corrected chi connectivity index (χ0v) is 13.1. The molecular formula is C16H17N3O6. The number of benzene rings is 1. The molecule has 1 amide bonds. The fourth-order valence-corrected chi connectivity index (χ4v) is 1.95. The van der Waals surface area contributed by atoms with Crippen LogP contribution in [0.4, 0.5) is 10.5 Å². The predicted molar refractivity (Wildman–Crippen MR) is 86.5 cm³/mol. The third-order valence-electron chi connectivity index (χ3n) is 3.32. The third-order valence-corrected chi connectivity index (χ3v) is 3.32. The highest BCUT2D eigenvalue weighted by atomic mass is 16.6. The van der Waals surface area contributed by atoms with Gasteiger partial charge >= 0.3 is 6.09 Å². The van der Waals surface area contributed by atoms with E-state index in [-0.39, 0.29) is 24.5 Å². The molecule has 0 aliphatic heterocycles.